The van der Waals surface area contributed by atoms with E-state index in [4.69, 9.17) is 5.73 Å². The van der Waals surface area contributed by atoms with Crippen molar-refractivity contribution in [2.45, 2.75) is 20.3 Å². The molecule has 0 fully saturated rings. The minimum atomic E-state index is -0.350. The monoisotopic (exact) mass is 464 g/mol. The first-order valence-corrected chi connectivity index (χ1v) is 11.4. The number of aromatic nitrogens is 3. The molecular formula is C28H28N6O. The molecule has 0 saturated heterocycles. The van der Waals surface area contributed by atoms with E-state index in [1.165, 1.54) is 0 Å². The van der Waals surface area contributed by atoms with E-state index in [-0.39, 0.29) is 6.03 Å². The molecule has 2 aromatic carbocycles. The molecule has 2 amide bonds. The molecule has 7 heteroatoms. The van der Waals surface area contributed by atoms with E-state index in [1.807, 2.05) is 86.7 Å². The first-order chi connectivity index (χ1) is 17.1. The standard InChI is InChI=1S/C28H28N6O/c1-3-5-9-22(8-4-2)34-27(15-17-31-34)33-28(35)32-25-13-12-21(23-10-6-7-11-24(23)25)18-20-14-16-30-26(29)19-20/h3-17,19H,18H2,1-2H3,(H2,29,30)(H2,32,33,35)/b5-3-,8-4-,22-9+. The fourth-order valence-electron chi connectivity index (χ4n) is 3.88. The highest BCUT2D eigenvalue weighted by Crippen LogP contribution is 2.29. The molecule has 0 aliphatic heterocycles. The molecule has 0 unspecified atom stereocenters. The van der Waals surface area contributed by atoms with Crippen molar-refractivity contribution < 1.29 is 4.79 Å². The van der Waals surface area contributed by atoms with Gasteiger partial charge in [-0.1, -0.05) is 48.6 Å². The topological polar surface area (TPSA) is 97.9 Å². The van der Waals surface area contributed by atoms with Gasteiger partial charge in [0.25, 0.3) is 0 Å². The summed E-state index contributed by atoms with van der Waals surface area (Å²) in [4.78, 5) is 17.0. The molecule has 4 rings (SSSR count). The van der Waals surface area contributed by atoms with Gasteiger partial charge in [-0.3, -0.25) is 5.32 Å². The molecule has 176 valence electrons. The number of nitrogens with one attached hydrogen (secondary N) is 2. The van der Waals surface area contributed by atoms with Crippen molar-refractivity contribution in [1.29, 1.82) is 0 Å². The van der Waals surface area contributed by atoms with Crippen LogP contribution in [0.3, 0.4) is 0 Å². The van der Waals surface area contributed by atoms with Crippen molar-refractivity contribution in [1.82, 2.24) is 14.8 Å². The van der Waals surface area contributed by atoms with E-state index in [1.54, 1.807) is 23.1 Å². The smallest absolute Gasteiger partial charge is 0.324 e. The van der Waals surface area contributed by atoms with Gasteiger partial charge in [0.15, 0.2) is 0 Å². The lowest BCUT2D eigenvalue weighted by Crippen LogP contribution is -2.21. The van der Waals surface area contributed by atoms with Crippen LogP contribution in [0.25, 0.3) is 16.5 Å². The Morgan fingerprint density at radius 1 is 1.00 bits per heavy atom. The highest BCUT2D eigenvalue weighted by molar-refractivity contribution is 6.06. The number of hydrogen-bond donors (Lipinski definition) is 3. The molecule has 4 aromatic rings. The molecule has 2 aromatic heterocycles. The number of rotatable bonds is 7. The number of fused-ring (bicyclic) bond motifs is 1. The predicted molar refractivity (Wildman–Crippen MR) is 144 cm³/mol. The van der Waals surface area contributed by atoms with E-state index >= 15 is 0 Å². The van der Waals surface area contributed by atoms with Gasteiger partial charge in [0, 0.05) is 17.6 Å². The second kappa shape index (κ2) is 11.0. The zero-order chi connectivity index (χ0) is 24.6. The van der Waals surface area contributed by atoms with Gasteiger partial charge in [-0.2, -0.15) is 5.10 Å². The zero-order valence-corrected chi connectivity index (χ0v) is 19.8. The number of carbonyl (C=O) groups excluding carboxylic acids is 1. The zero-order valence-electron chi connectivity index (χ0n) is 19.8. The summed E-state index contributed by atoms with van der Waals surface area (Å²) in [6, 6.07) is 17.2. The summed E-state index contributed by atoms with van der Waals surface area (Å²) >= 11 is 0. The highest BCUT2D eigenvalue weighted by Gasteiger charge is 2.12. The van der Waals surface area contributed by atoms with Crippen LogP contribution in [0.4, 0.5) is 22.1 Å². The number of carbonyl (C=O) groups is 1. The maximum atomic E-state index is 12.9. The minimum Gasteiger partial charge on any atom is -0.384 e. The Morgan fingerprint density at radius 2 is 1.83 bits per heavy atom. The average Bonchev–Trinajstić information content (AvgIpc) is 3.31. The van der Waals surface area contributed by atoms with E-state index < -0.39 is 0 Å². The molecule has 7 nitrogen and oxygen atoms in total. The molecule has 2 heterocycles. The summed E-state index contributed by atoms with van der Waals surface area (Å²) in [5.74, 6) is 1.06. The predicted octanol–water partition coefficient (Wildman–Crippen LogP) is 6.24. The first-order valence-electron chi connectivity index (χ1n) is 11.4. The summed E-state index contributed by atoms with van der Waals surface area (Å²) in [5, 5.41) is 12.3. The van der Waals surface area contributed by atoms with Gasteiger partial charge in [0.1, 0.15) is 11.6 Å². The van der Waals surface area contributed by atoms with Crippen LogP contribution in [0, 0.1) is 0 Å². The number of pyridine rings is 1. The van der Waals surface area contributed by atoms with Crippen molar-refractivity contribution in [3.63, 3.8) is 0 Å². The van der Waals surface area contributed by atoms with Crippen molar-refractivity contribution in [3.05, 3.63) is 108 Å². The maximum Gasteiger partial charge on any atom is 0.324 e. The number of amides is 2. The van der Waals surface area contributed by atoms with Crippen LogP contribution in [0.15, 0.2) is 97.4 Å². The summed E-state index contributed by atoms with van der Waals surface area (Å²) in [6.07, 6.45) is 13.7. The van der Waals surface area contributed by atoms with E-state index in [0.717, 1.165) is 33.3 Å². The van der Waals surface area contributed by atoms with E-state index in [9.17, 15) is 4.79 Å². The third-order valence-corrected chi connectivity index (χ3v) is 5.43. The van der Waals surface area contributed by atoms with E-state index in [0.29, 0.717) is 18.1 Å². The highest BCUT2D eigenvalue weighted by atomic mass is 16.2. The van der Waals surface area contributed by atoms with Crippen molar-refractivity contribution in [2.24, 2.45) is 0 Å². The van der Waals surface area contributed by atoms with Gasteiger partial charge in [0.05, 0.1) is 17.6 Å². The lowest BCUT2D eigenvalue weighted by atomic mass is 9.97. The average molecular weight is 465 g/mol. The third-order valence-electron chi connectivity index (χ3n) is 5.43. The van der Waals surface area contributed by atoms with Crippen molar-refractivity contribution in [3.8, 4) is 0 Å². The molecule has 0 radical (unpaired) electrons. The fourth-order valence-corrected chi connectivity index (χ4v) is 3.88. The van der Waals surface area contributed by atoms with Crippen LogP contribution < -0.4 is 16.4 Å². The number of hydrogen-bond acceptors (Lipinski definition) is 4. The first kappa shape index (κ1) is 23.5. The molecule has 0 bridgehead atoms. The number of urea groups is 1. The van der Waals surface area contributed by atoms with Crippen molar-refractivity contribution in [2.75, 3.05) is 16.4 Å². The second-order valence-corrected chi connectivity index (χ2v) is 7.91. The number of nitrogen functional groups attached to an aromatic ring is 1. The summed E-state index contributed by atoms with van der Waals surface area (Å²) < 4.78 is 1.68. The van der Waals surface area contributed by atoms with Gasteiger partial charge >= 0.3 is 6.03 Å². The summed E-state index contributed by atoms with van der Waals surface area (Å²) in [6.45, 7) is 3.88. The molecule has 0 spiro atoms. The van der Waals surface area contributed by atoms with Crippen LogP contribution in [0.2, 0.25) is 0 Å². The third kappa shape index (κ3) is 5.65. The Kier molecular flexibility index (Phi) is 7.37. The summed E-state index contributed by atoms with van der Waals surface area (Å²) in [7, 11) is 0. The van der Waals surface area contributed by atoms with Crippen LogP contribution in [-0.2, 0) is 6.42 Å². The Balaban J connectivity index is 1.57. The molecule has 35 heavy (non-hydrogen) atoms. The number of anilines is 3. The number of allylic oxidation sites excluding steroid dienone is 6. The molecule has 0 saturated carbocycles. The van der Waals surface area contributed by atoms with Crippen LogP contribution >= 0.6 is 0 Å². The lowest BCUT2D eigenvalue weighted by molar-refractivity contribution is 0.262. The molecule has 0 aliphatic carbocycles. The number of nitrogens with two attached hydrogens (primary N) is 1. The van der Waals surface area contributed by atoms with Crippen LogP contribution in [0.1, 0.15) is 25.0 Å². The number of nitrogens with zero attached hydrogens (tertiary/aromatic N) is 3. The number of benzene rings is 2. The SMILES string of the molecule is C\C=C/C=C(\C=C/C)n1nccc1NC(=O)Nc1ccc(Cc2ccnc(N)c2)c2ccccc12. The Morgan fingerprint density at radius 3 is 2.60 bits per heavy atom. The molecule has 0 aliphatic rings. The lowest BCUT2D eigenvalue weighted by Gasteiger charge is -2.14. The second-order valence-electron chi connectivity index (χ2n) is 7.91. The molecule has 4 N–H and O–H groups in total. The maximum absolute atomic E-state index is 12.9. The Hall–Kier alpha value is -4.65. The van der Waals surface area contributed by atoms with Crippen molar-refractivity contribution >= 4 is 39.8 Å². The van der Waals surface area contributed by atoms with Gasteiger partial charge < -0.3 is 11.1 Å². The Labute approximate surface area is 204 Å². The normalized spacial score (nSPS) is 12.0. The Bertz CT molecular complexity index is 1430. The van der Waals surface area contributed by atoms with Crippen LogP contribution in [-0.4, -0.2) is 20.8 Å². The summed E-state index contributed by atoms with van der Waals surface area (Å²) in [5.41, 5.74) is 9.62. The quantitative estimate of drug-likeness (QED) is 0.282. The fraction of sp³-hybridized carbons (Fsp3) is 0.107. The van der Waals surface area contributed by atoms with Gasteiger partial charge in [0.2, 0.25) is 0 Å². The molecule has 0 atom stereocenters. The minimum absolute atomic E-state index is 0.350. The van der Waals surface area contributed by atoms with Gasteiger partial charge in [-0.15, -0.1) is 0 Å². The van der Waals surface area contributed by atoms with Crippen LogP contribution in [0.5, 0.6) is 0 Å². The largest absolute Gasteiger partial charge is 0.384 e. The molecular weight excluding hydrogens is 436 g/mol. The van der Waals surface area contributed by atoms with E-state index in [2.05, 4.69) is 26.8 Å². The van der Waals surface area contributed by atoms with Gasteiger partial charge in [-0.25, -0.2) is 14.5 Å². The van der Waals surface area contributed by atoms with Gasteiger partial charge in [-0.05, 0) is 67.1 Å².